The molecule has 1 aromatic heterocycles. The summed E-state index contributed by atoms with van der Waals surface area (Å²) in [6.07, 6.45) is -0.189. The van der Waals surface area contributed by atoms with Gasteiger partial charge in [0.25, 0.3) is 0 Å². The minimum atomic E-state index is -0.189. The van der Waals surface area contributed by atoms with Crippen LogP contribution in [0.25, 0.3) is 10.8 Å². The monoisotopic (exact) mass is 381 g/mol. The van der Waals surface area contributed by atoms with Gasteiger partial charge in [-0.05, 0) is 37.1 Å². The van der Waals surface area contributed by atoms with Crippen molar-refractivity contribution in [2.24, 2.45) is 4.99 Å². The van der Waals surface area contributed by atoms with Crippen LogP contribution in [0.15, 0.2) is 52.0 Å². The second-order valence-electron chi connectivity index (χ2n) is 6.50. The topological polar surface area (TPSA) is 84.6 Å². The van der Waals surface area contributed by atoms with Crippen LogP contribution in [0.3, 0.4) is 0 Å². The molecule has 0 saturated heterocycles. The standard InChI is InChI=1S/C21H27N5O2/c1-5-27-15(3)20-25-19(28-26-20)13-23-21(22-4)24-14(2)17-12-8-10-16-9-6-7-11-18(16)17/h6-12,14-15H,5,13H2,1-4H3,(H2,22,23,24). The third kappa shape index (κ3) is 4.67. The molecule has 0 bridgehead atoms. The molecule has 0 aliphatic heterocycles. The van der Waals surface area contributed by atoms with Gasteiger partial charge >= 0.3 is 0 Å². The molecular formula is C21H27N5O2. The number of nitrogens with one attached hydrogen (secondary N) is 2. The largest absolute Gasteiger partial charge is 0.371 e. The quantitative estimate of drug-likeness (QED) is 0.479. The summed E-state index contributed by atoms with van der Waals surface area (Å²) in [5, 5.41) is 13.1. The molecule has 2 atom stereocenters. The molecule has 0 saturated carbocycles. The molecule has 0 aliphatic carbocycles. The van der Waals surface area contributed by atoms with Gasteiger partial charge in [0.15, 0.2) is 11.8 Å². The molecule has 0 fully saturated rings. The molecule has 3 aromatic rings. The molecule has 0 amide bonds. The molecular weight excluding hydrogens is 354 g/mol. The van der Waals surface area contributed by atoms with Crippen LogP contribution in [0.2, 0.25) is 0 Å². The van der Waals surface area contributed by atoms with Crippen molar-refractivity contribution in [2.75, 3.05) is 13.7 Å². The Bertz CT molecular complexity index is 932. The molecule has 28 heavy (non-hydrogen) atoms. The number of guanidine groups is 1. The number of hydrogen-bond donors (Lipinski definition) is 2. The normalized spacial score (nSPS) is 14.1. The third-order valence-corrected chi connectivity index (χ3v) is 4.54. The maximum atomic E-state index is 5.48. The molecule has 7 heteroatoms. The molecule has 0 radical (unpaired) electrons. The van der Waals surface area contributed by atoms with Crippen LogP contribution in [0.1, 0.15) is 50.2 Å². The van der Waals surface area contributed by atoms with Crippen LogP contribution < -0.4 is 10.6 Å². The number of aromatic nitrogens is 2. The van der Waals surface area contributed by atoms with Crippen molar-refractivity contribution in [3.63, 3.8) is 0 Å². The van der Waals surface area contributed by atoms with E-state index in [1.165, 1.54) is 16.3 Å². The fourth-order valence-corrected chi connectivity index (χ4v) is 3.09. The Hall–Kier alpha value is -2.93. The van der Waals surface area contributed by atoms with E-state index < -0.39 is 0 Å². The predicted octanol–water partition coefficient (Wildman–Crippen LogP) is 3.75. The summed E-state index contributed by atoms with van der Waals surface area (Å²) >= 11 is 0. The maximum absolute atomic E-state index is 5.48. The lowest BCUT2D eigenvalue weighted by molar-refractivity contribution is 0.0683. The Morgan fingerprint density at radius 3 is 2.75 bits per heavy atom. The average Bonchev–Trinajstić information content (AvgIpc) is 3.20. The van der Waals surface area contributed by atoms with E-state index in [0.29, 0.717) is 30.8 Å². The first-order chi connectivity index (χ1) is 13.6. The summed E-state index contributed by atoms with van der Waals surface area (Å²) in [6, 6.07) is 14.8. The highest BCUT2D eigenvalue weighted by Crippen LogP contribution is 2.24. The number of nitrogens with zero attached hydrogens (tertiary/aromatic N) is 3. The van der Waals surface area contributed by atoms with Crippen molar-refractivity contribution in [3.05, 3.63) is 59.7 Å². The van der Waals surface area contributed by atoms with Crippen LogP contribution in [0.5, 0.6) is 0 Å². The van der Waals surface area contributed by atoms with E-state index >= 15 is 0 Å². The highest BCUT2D eigenvalue weighted by Gasteiger charge is 2.15. The Balaban J connectivity index is 1.63. The third-order valence-electron chi connectivity index (χ3n) is 4.54. The van der Waals surface area contributed by atoms with Gasteiger partial charge in [-0.2, -0.15) is 4.98 Å². The molecule has 0 spiro atoms. The number of rotatable bonds is 7. The van der Waals surface area contributed by atoms with Crippen molar-refractivity contribution in [3.8, 4) is 0 Å². The van der Waals surface area contributed by atoms with Crippen molar-refractivity contribution in [1.29, 1.82) is 0 Å². The second kappa shape index (κ2) is 9.32. The number of hydrogen-bond acceptors (Lipinski definition) is 5. The first kappa shape index (κ1) is 19.8. The zero-order valence-electron chi connectivity index (χ0n) is 16.8. The first-order valence-corrected chi connectivity index (χ1v) is 9.51. The second-order valence-corrected chi connectivity index (χ2v) is 6.50. The Labute approximate surface area is 165 Å². The van der Waals surface area contributed by atoms with Crippen molar-refractivity contribution in [2.45, 2.75) is 39.5 Å². The SMILES string of the molecule is CCOC(C)c1noc(CNC(=NC)NC(C)c2cccc3ccccc23)n1. The Morgan fingerprint density at radius 2 is 1.96 bits per heavy atom. The fourth-order valence-electron chi connectivity index (χ4n) is 3.09. The van der Waals surface area contributed by atoms with Crippen LogP contribution in [0, 0.1) is 0 Å². The highest BCUT2D eigenvalue weighted by atomic mass is 16.5. The summed E-state index contributed by atoms with van der Waals surface area (Å²) < 4.78 is 10.8. The van der Waals surface area contributed by atoms with E-state index in [4.69, 9.17) is 9.26 Å². The smallest absolute Gasteiger partial charge is 0.246 e. The van der Waals surface area contributed by atoms with E-state index in [1.54, 1.807) is 7.05 Å². The van der Waals surface area contributed by atoms with Crippen molar-refractivity contribution in [1.82, 2.24) is 20.8 Å². The van der Waals surface area contributed by atoms with Gasteiger partial charge in [0.2, 0.25) is 5.89 Å². The summed E-state index contributed by atoms with van der Waals surface area (Å²) in [4.78, 5) is 8.67. The molecule has 2 N–H and O–H groups in total. The van der Waals surface area contributed by atoms with Gasteiger partial charge in [0.1, 0.15) is 6.10 Å². The Morgan fingerprint density at radius 1 is 1.18 bits per heavy atom. The van der Waals surface area contributed by atoms with E-state index in [2.05, 4.69) is 75.2 Å². The molecule has 2 aromatic carbocycles. The van der Waals surface area contributed by atoms with Crippen molar-refractivity contribution < 1.29 is 9.26 Å². The summed E-state index contributed by atoms with van der Waals surface area (Å²) in [5.74, 6) is 1.70. The van der Waals surface area contributed by atoms with E-state index in [-0.39, 0.29) is 12.1 Å². The van der Waals surface area contributed by atoms with Crippen LogP contribution in [0.4, 0.5) is 0 Å². The highest BCUT2D eigenvalue weighted by molar-refractivity contribution is 5.87. The predicted molar refractivity (Wildman–Crippen MR) is 110 cm³/mol. The lowest BCUT2D eigenvalue weighted by Gasteiger charge is -2.19. The minimum absolute atomic E-state index is 0.0773. The van der Waals surface area contributed by atoms with E-state index in [0.717, 1.165) is 0 Å². The number of benzene rings is 2. The molecule has 7 nitrogen and oxygen atoms in total. The van der Waals surface area contributed by atoms with Gasteiger partial charge in [-0.3, -0.25) is 4.99 Å². The van der Waals surface area contributed by atoms with Gasteiger partial charge in [-0.15, -0.1) is 0 Å². The lowest BCUT2D eigenvalue weighted by atomic mass is 10.00. The summed E-state index contributed by atoms with van der Waals surface area (Å²) in [5.41, 5.74) is 1.21. The fraction of sp³-hybridized carbons (Fsp3) is 0.381. The van der Waals surface area contributed by atoms with Gasteiger partial charge < -0.3 is 19.9 Å². The Kier molecular flexibility index (Phi) is 6.60. The number of aliphatic imine (C=N–C) groups is 1. The van der Waals surface area contributed by atoms with Crippen LogP contribution in [-0.4, -0.2) is 29.8 Å². The first-order valence-electron chi connectivity index (χ1n) is 9.51. The van der Waals surface area contributed by atoms with Gasteiger partial charge in [0, 0.05) is 13.7 Å². The molecule has 3 rings (SSSR count). The summed E-state index contributed by atoms with van der Waals surface area (Å²) in [7, 11) is 1.74. The number of ether oxygens (including phenoxy) is 1. The van der Waals surface area contributed by atoms with E-state index in [9.17, 15) is 0 Å². The molecule has 148 valence electrons. The van der Waals surface area contributed by atoms with Gasteiger partial charge in [-0.1, -0.05) is 47.6 Å². The van der Waals surface area contributed by atoms with E-state index in [1.807, 2.05) is 13.8 Å². The van der Waals surface area contributed by atoms with Crippen molar-refractivity contribution >= 4 is 16.7 Å². The zero-order valence-corrected chi connectivity index (χ0v) is 16.8. The maximum Gasteiger partial charge on any atom is 0.246 e. The minimum Gasteiger partial charge on any atom is -0.371 e. The molecule has 2 unspecified atom stereocenters. The van der Waals surface area contributed by atoms with Gasteiger partial charge in [0.05, 0.1) is 12.6 Å². The van der Waals surface area contributed by atoms with Gasteiger partial charge in [-0.25, -0.2) is 0 Å². The molecule has 0 aliphatic rings. The van der Waals surface area contributed by atoms with Crippen LogP contribution >= 0.6 is 0 Å². The van der Waals surface area contributed by atoms with Crippen LogP contribution in [-0.2, 0) is 11.3 Å². The number of fused-ring (bicyclic) bond motifs is 1. The zero-order chi connectivity index (χ0) is 19.9. The average molecular weight is 381 g/mol. The lowest BCUT2D eigenvalue weighted by Crippen LogP contribution is -2.38. The molecule has 1 heterocycles. The summed E-state index contributed by atoms with van der Waals surface area (Å²) in [6.45, 7) is 6.94.